The van der Waals surface area contributed by atoms with Crippen molar-refractivity contribution in [3.05, 3.63) is 34.9 Å². The Morgan fingerprint density at radius 1 is 1.44 bits per heavy atom. The summed E-state index contributed by atoms with van der Waals surface area (Å²) in [6.07, 6.45) is 3.94. The van der Waals surface area contributed by atoms with Crippen molar-refractivity contribution in [1.82, 2.24) is 0 Å². The van der Waals surface area contributed by atoms with Gasteiger partial charge in [0.15, 0.2) is 0 Å². The lowest BCUT2D eigenvalue weighted by atomic mass is 9.65. The van der Waals surface area contributed by atoms with Gasteiger partial charge in [-0.25, -0.2) is 0 Å². The molecule has 0 radical (unpaired) electrons. The quantitative estimate of drug-likeness (QED) is 0.880. The molecule has 3 atom stereocenters. The maximum absolute atomic E-state index is 10.7. The lowest BCUT2D eigenvalue weighted by molar-refractivity contribution is -0.0130. The number of benzene rings is 1. The third kappa shape index (κ3) is 2.71. The van der Waals surface area contributed by atoms with Crippen LogP contribution in [0.4, 0.5) is 0 Å². The monoisotopic (exact) mass is 267 g/mol. The van der Waals surface area contributed by atoms with Gasteiger partial charge in [0.05, 0.1) is 6.10 Å². The molecular weight excluding hydrogens is 246 g/mol. The van der Waals surface area contributed by atoms with Crippen LogP contribution in [0, 0.1) is 11.3 Å². The van der Waals surface area contributed by atoms with Crippen molar-refractivity contribution in [2.75, 3.05) is 6.54 Å². The van der Waals surface area contributed by atoms with Crippen LogP contribution >= 0.6 is 11.6 Å². The summed E-state index contributed by atoms with van der Waals surface area (Å²) in [5, 5.41) is 11.4. The van der Waals surface area contributed by atoms with Crippen LogP contribution in [-0.2, 0) is 0 Å². The average molecular weight is 268 g/mol. The predicted molar refractivity (Wildman–Crippen MR) is 75.5 cm³/mol. The van der Waals surface area contributed by atoms with Crippen molar-refractivity contribution in [2.24, 2.45) is 17.1 Å². The fourth-order valence-corrected chi connectivity index (χ4v) is 3.37. The topological polar surface area (TPSA) is 46.2 Å². The third-order valence-electron chi connectivity index (χ3n) is 4.30. The molecule has 0 spiro atoms. The molecule has 1 aliphatic carbocycles. The van der Waals surface area contributed by atoms with Gasteiger partial charge in [0.1, 0.15) is 0 Å². The second-order valence-corrected chi connectivity index (χ2v) is 6.16. The standard InChI is InChI=1S/C15H22ClNO/c1-11-3-2-8-15(9-11,10-17)14(18)12-4-6-13(16)7-5-12/h4-7,11,14,18H,2-3,8-10,17H2,1H3. The summed E-state index contributed by atoms with van der Waals surface area (Å²) in [5.41, 5.74) is 6.75. The molecule has 1 aliphatic rings. The first kappa shape index (κ1) is 13.9. The van der Waals surface area contributed by atoms with E-state index in [4.69, 9.17) is 17.3 Å². The molecular formula is C15H22ClNO. The number of hydrogen-bond acceptors (Lipinski definition) is 2. The van der Waals surface area contributed by atoms with Crippen molar-refractivity contribution in [1.29, 1.82) is 0 Å². The zero-order valence-electron chi connectivity index (χ0n) is 10.9. The Labute approximate surface area is 114 Å². The second kappa shape index (κ2) is 5.60. The first-order valence-corrected chi connectivity index (χ1v) is 7.09. The van der Waals surface area contributed by atoms with Gasteiger partial charge in [0.2, 0.25) is 0 Å². The molecule has 1 saturated carbocycles. The molecule has 0 saturated heterocycles. The van der Waals surface area contributed by atoms with Gasteiger partial charge in [-0.05, 0) is 36.5 Å². The van der Waals surface area contributed by atoms with Gasteiger partial charge in [-0.1, -0.05) is 43.5 Å². The van der Waals surface area contributed by atoms with Crippen molar-refractivity contribution in [3.8, 4) is 0 Å². The maximum atomic E-state index is 10.7. The van der Waals surface area contributed by atoms with Gasteiger partial charge in [0.25, 0.3) is 0 Å². The summed E-state index contributed by atoms with van der Waals surface area (Å²) in [6, 6.07) is 7.47. The van der Waals surface area contributed by atoms with Gasteiger partial charge < -0.3 is 10.8 Å². The molecule has 1 fully saturated rings. The van der Waals surface area contributed by atoms with E-state index < -0.39 is 6.10 Å². The molecule has 2 nitrogen and oxygen atoms in total. The third-order valence-corrected chi connectivity index (χ3v) is 4.55. The van der Waals surface area contributed by atoms with Crippen LogP contribution in [-0.4, -0.2) is 11.7 Å². The summed E-state index contributed by atoms with van der Waals surface area (Å²) in [7, 11) is 0. The highest BCUT2D eigenvalue weighted by atomic mass is 35.5. The van der Waals surface area contributed by atoms with Crippen LogP contribution in [0.3, 0.4) is 0 Å². The molecule has 0 heterocycles. The summed E-state index contributed by atoms with van der Waals surface area (Å²) in [6.45, 7) is 2.79. The minimum absolute atomic E-state index is 0.161. The second-order valence-electron chi connectivity index (χ2n) is 5.72. The maximum Gasteiger partial charge on any atom is 0.0858 e. The number of aliphatic hydroxyl groups excluding tert-OH is 1. The number of halogens is 1. The van der Waals surface area contributed by atoms with Crippen molar-refractivity contribution in [3.63, 3.8) is 0 Å². The van der Waals surface area contributed by atoms with Gasteiger partial charge >= 0.3 is 0 Å². The van der Waals surface area contributed by atoms with E-state index in [-0.39, 0.29) is 5.41 Å². The Morgan fingerprint density at radius 3 is 2.67 bits per heavy atom. The van der Waals surface area contributed by atoms with Gasteiger partial charge in [-0.15, -0.1) is 0 Å². The van der Waals surface area contributed by atoms with E-state index in [1.165, 1.54) is 6.42 Å². The highest BCUT2D eigenvalue weighted by Gasteiger charge is 2.40. The minimum Gasteiger partial charge on any atom is -0.388 e. The van der Waals surface area contributed by atoms with Crippen LogP contribution in [0.15, 0.2) is 24.3 Å². The lowest BCUT2D eigenvalue weighted by Crippen LogP contribution is -2.40. The molecule has 2 rings (SSSR count). The molecule has 3 heteroatoms. The molecule has 1 aromatic rings. The SMILES string of the molecule is CC1CCCC(CN)(C(O)c2ccc(Cl)cc2)C1. The normalized spacial score (nSPS) is 30.1. The Hall–Kier alpha value is -0.570. The van der Waals surface area contributed by atoms with E-state index >= 15 is 0 Å². The first-order valence-electron chi connectivity index (χ1n) is 6.71. The van der Waals surface area contributed by atoms with Crippen LogP contribution in [0.5, 0.6) is 0 Å². The Morgan fingerprint density at radius 2 is 2.11 bits per heavy atom. The van der Waals surface area contributed by atoms with Crippen molar-refractivity contribution < 1.29 is 5.11 Å². The molecule has 0 aliphatic heterocycles. The van der Waals surface area contributed by atoms with E-state index in [1.807, 2.05) is 24.3 Å². The minimum atomic E-state index is -0.484. The van der Waals surface area contributed by atoms with Crippen LogP contribution in [0.25, 0.3) is 0 Å². The molecule has 0 amide bonds. The van der Waals surface area contributed by atoms with Crippen LogP contribution in [0.1, 0.15) is 44.3 Å². The zero-order chi connectivity index (χ0) is 13.2. The Bertz CT molecular complexity index is 392. The summed E-state index contributed by atoms with van der Waals surface area (Å²) in [4.78, 5) is 0. The fourth-order valence-electron chi connectivity index (χ4n) is 3.24. The molecule has 3 N–H and O–H groups in total. The summed E-state index contributed by atoms with van der Waals surface area (Å²) >= 11 is 5.89. The van der Waals surface area contributed by atoms with E-state index in [1.54, 1.807) is 0 Å². The van der Waals surface area contributed by atoms with Gasteiger partial charge in [0, 0.05) is 17.0 Å². The summed E-state index contributed by atoms with van der Waals surface area (Å²) < 4.78 is 0. The molecule has 0 bridgehead atoms. The van der Waals surface area contributed by atoms with Gasteiger partial charge in [-0.2, -0.15) is 0 Å². The molecule has 1 aromatic carbocycles. The van der Waals surface area contributed by atoms with E-state index in [0.717, 1.165) is 24.8 Å². The Kier molecular flexibility index (Phi) is 4.31. The van der Waals surface area contributed by atoms with E-state index in [0.29, 0.717) is 17.5 Å². The fraction of sp³-hybridized carbons (Fsp3) is 0.600. The van der Waals surface area contributed by atoms with E-state index in [9.17, 15) is 5.11 Å². The van der Waals surface area contributed by atoms with E-state index in [2.05, 4.69) is 6.92 Å². The smallest absolute Gasteiger partial charge is 0.0858 e. The molecule has 18 heavy (non-hydrogen) atoms. The van der Waals surface area contributed by atoms with Crippen molar-refractivity contribution in [2.45, 2.75) is 38.7 Å². The largest absolute Gasteiger partial charge is 0.388 e. The number of rotatable bonds is 3. The highest BCUT2D eigenvalue weighted by Crippen LogP contribution is 2.47. The lowest BCUT2D eigenvalue weighted by Gasteiger charge is -2.43. The van der Waals surface area contributed by atoms with Crippen LogP contribution in [0.2, 0.25) is 5.02 Å². The van der Waals surface area contributed by atoms with Crippen molar-refractivity contribution >= 4 is 11.6 Å². The summed E-state index contributed by atoms with van der Waals surface area (Å²) in [5.74, 6) is 0.643. The van der Waals surface area contributed by atoms with Crippen LogP contribution < -0.4 is 5.73 Å². The molecule has 100 valence electrons. The molecule has 3 unspecified atom stereocenters. The Balaban J connectivity index is 2.23. The predicted octanol–water partition coefficient (Wildman–Crippen LogP) is 3.53. The number of nitrogens with two attached hydrogens (primary N) is 1. The van der Waals surface area contributed by atoms with Gasteiger partial charge in [-0.3, -0.25) is 0 Å². The first-order chi connectivity index (χ1) is 8.57. The number of aliphatic hydroxyl groups is 1. The number of hydrogen-bond donors (Lipinski definition) is 2. The zero-order valence-corrected chi connectivity index (χ0v) is 11.7. The molecule has 0 aromatic heterocycles. The highest BCUT2D eigenvalue weighted by molar-refractivity contribution is 6.30. The average Bonchev–Trinajstić information content (AvgIpc) is 2.38.